The van der Waals surface area contributed by atoms with E-state index in [2.05, 4.69) is 5.32 Å². The molecule has 0 spiro atoms. The monoisotopic (exact) mass is 311 g/mol. The number of fused-ring (bicyclic) bond motifs is 1. The van der Waals surface area contributed by atoms with Crippen LogP contribution in [0.25, 0.3) is 0 Å². The Bertz CT molecular complexity index is 783. The van der Waals surface area contributed by atoms with Gasteiger partial charge in [-0.2, -0.15) is 0 Å². The number of allylic oxidation sites excluding steroid dienone is 1. The Balaban J connectivity index is 1.88. The number of benzene rings is 2. The van der Waals surface area contributed by atoms with E-state index in [1.165, 1.54) is 17.8 Å². The van der Waals surface area contributed by atoms with Crippen LogP contribution in [0.5, 0.6) is 5.75 Å². The fourth-order valence-corrected chi connectivity index (χ4v) is 3.00. The summed E-state index contributed by atoms with van der Waals surface area (Å²) in [5.74, 6) is 0.117. The number of methoxy groups -OCH3 is 1. The van der Waals surface area contributed by atoms with Crippen molar-refractivity contribution in [1.29, 1.82) is 0 Å². The summed E-state index contributed by atoms with van der Waals surface area (Å²) in [6.07, 6.45) is 1.37. The van der Waals surface area contributed by atoms with E-state index in [0.29, 0.717) is 16.2 Å². The van der Waals surface area contributed by atoms with Gasteiger partial charge in [0.15, 0.2) is 5.78 Å². The number of ketones is 1. The van der Waals surface area contributed by atoms with E-state index in [4.69, 9.17) is 4.74 Å². The minimum atomic E-state index is -0.264. The molecule has 1 aliphatic rings. The van der Waals surface area contributed by atoms with Gasteiger partial charge < -0.3 is 10.1 Å². The summed E-state index contributed by atoms with van der Waals surface area (Å²) in [5.41, 5.74) is 1.25. The molecule has 0 unspecified atom stereocenters. The van der Waals surface area contributed by atoms with Crippen LogP contribution in [-0.4, -0.2) is 18.8 Å². The van der Waals surface area contributed by atoms with Gasteiger partial charge in [-0.3, -0.25) is 9.59 Å². The first-order chi connectivity index (χ1) is 10.7. The first-order valence-electron chi connectivity index (χ1n) is 6.65. The third-order valence-electron chi connectivity index (χ3n) is 3.20. The first-order valence-corrected chi connectivity index (χ1v) is 7.47. The average molecular weight is 311 g/mol. The van der Waals surface area contributed by atoms with E-state index in [9.17, 15) is 9.59 Å². The molecule has 0 atom stereocenters. The Hall–Kier alpha value is -2.53. The van der Waals surface area contributed by atoms with Crippen molar-refractivity contribution in [3.8, 4) is 5.75 Å². The van der Waals surface area contributed by atoms with Gasteiger partial charge in [0.1, 0.15) is 5.75 Å². The molecule has 2 aromatic rings. The zero-order valence-corrected chi connectivity index (χ0v) is 12.6. The highest BCUT2D eigenvalue weighted by Crippen LogP contribution is 2.37. The Morgan fingerprint density at radius 1 is 1.18 bits per heavy atom. The van der Waals surface area contributed by atoms with Crippen LogP contribution in [-0.2, 0) is 4.79 Å². The van der Waals surface area contributed by atoms with Gasteiger partial charge in [-0.25, -0.2) is 0 Å². The molecule has 1 amide bonds. The summed E-state index contributed by atoms with van der Waals surface area (Å²) in [6.45, 7) is 0. The molecule has 22 heavy (non-hydrogen) atoms. The predicted molar refractivity (Wildman–Crippen MR) is 86.3 cm³/mol. The van der Waals surface area contributed by atoms with E-state index in [1.807, 2.05) is 24.3 Å². The third kappa shape index (κ3) is 2.89. The van der Waals surface area contributed by atoms with Crippen LogP contribution in [0.2, 0.25) is 0 Å². The molecule has 0 bridgehead atoms. The fraction of sp³-hybridized carbons (Fsp3) is 0.0588. The van der Waals surface area contributed by atoms with Crippen molar-refractivity contribution in [1.82, 2.24) is 0 Å². The summed E-state index contributed by atoms with van der Waals surface area (Å²) in [4.78, 5) is 25.7. The normalized spacial score (nSPS) is 15.1. The average Bonchev–Trinajstić information content (AvgIpc) is 2.55. The van der Waals surface area contributed by atoms with Crippen molar-refractivity contribution >= 4 is 29.1 Å². The van der Waals surface area contributed by atoms with Crippen molar-refractivity contribution in [3.63, 3.8) is 0 Å². The summed E-state index contributed by atoms with van der Waals surface area (Å²) in [5, 5.41) is 2.78. The van der Waals surface area contributed by atoms with Crippen LogP contribution in [0.4, 0.5) is 5.69 Å². The number of hydrogen-bond donors (Lipinski definition) is 1. The zero-order valence-electron chi connectivity index (χ0n) is 11.8. The second-order valence-electron chi connectivity index (χ2n) is 4.66. The van der Waals surface area contributed by atoms with E-state index >= 15 is 0 Å². The topological polar surface area (TPSA) is 55.4 Å². The van der Waals surface area contributed by atoms with Gasteiger partial charge in [0, 0.05) is 16.5 Å². The predicted octanol–water partition coefficient (Wildman–Crippen LogP) is 3.51. The van der Waals surface area contributed by atoms with Crippen LogP contribution < -0.4 is 10.1 Å². The van der Waals surface area contributed by atoms with E-state index < -0.39 is 0 Å². The van der Waals surface area contributed by atoms with Gasteiger partial charge in [-0.15, -0.1) is 0 Å². The molecule has 0 aliphatic carbocycles. The third-order valence-corrected chi connectivity index (χ3v) is 4.29. The number of para-hydroxylation sites is 1. The quantitative estimate of drug-likeness (QED) is 0.696. The van der Waals surface area contributed by atoms with E-state index in [1.54, 1.807) is 31.4 Å². The van der Waals surface area contributed by atoms with Gasteiger partial charge in [-0.05, 0) is 24.3 Å². The maximum absolute atomic E-state index is 12.3. The number of carbonyl (C=O) groups is 2. The molecular weight excluding hydrogens is 298 g/mol. The molecule has 0 radical (unpaired) electrons. The molecule has 1 heterocycles. The molecule has 0 saturated carbocycles. The Labute approximate surface area is 132 Å². The highest BCUT2D eigenvalue weighted by atomic mass is 32.2. The number of thioether (sulfide) groups is 1. The summed E-state index contributed by atoms with van der Waals surface area (Å²) in [7, 11) is 1.55. The summed E-state index contributed by atoms with van der Waals surface area (Å²) < 4.78 is 5.11. The second kappa shape index (κ2) is 6.07. The lowest BCUT2D eigenvalue weighted by atomic mass is 10.1. The number of anilines is 1. The standard InChI is InChI=1S/C17H13NO3S/c1-21-12-6-4-5-11(9-12)14(19)10-16-17(20)18-13-7-2-3-8-15(13)22-16/h2-10H,1H3,(H,18,20)/b16-10+. The van der Waals surface area contributed by atoms with E-state index in [0.717, 1.165) is 10.6 Å². The number of carbonyl (C=O) groups excluding carboxylic acids is 2. The molecule has 3 rings (SSSR count). The summed E-state index contributed by atoms with van der Waals surface area (Å²) >= 11 is 1.30. The van der Waals surface area contributed by atoms with Gasteiger partial charge in [-0.1, -0.05) is 36.0 Å². The molecule has 5 heteroatoms. The summed E-state index contributed by atoms with van der Waals surface area (Å²) in [6, 6.07) is 14.3. The lowest BCUT2D eigenvalue weighted by Gasteiger charge is -2.17. The molecule has 1 N–H and O–H groups in total. The number of amides is 1. The number of nitrogens with one attached hydrogen (secondary N) is 1. The largest absolute Gasteiger partial charge is 0.497 e. The number of rotatable bonds is 3. The van der Waals surface area contributed by atoms with Crippen LogP contribution >= 0.6 is 11.8 Å². The maximum Gasteiger partial charge on any atom is 0.262 e. The number of ether oxygens (including phenoxy) is 1. The highest BCUT2D eigenvalue weighted by molar-refractivity contribution is 8.04. The van der Waals surface area contributed by atoms with Crippen molar-refractivity contribution < 1.29 is 14.3 Å². The molecule has 2 aromatic carbocycles. The Morgan fingerprint density at radius 3 is 2.82 bits per heavy atom. The van der Waals surface area contributed by atoms with Gasteiger partial charge in [0.2, 0.25) is 0 Å². The molecule has 110 valence electrons. The molecule has 0 saturated heterocycles. The SMILES string of the molecule is COc1cccc(C(=O)/C=C2/Sc3ccccc3NC2=O)c1. The lowest BCUT2D eigenvalue weighted by molar-refractivity contribution is -0.112. The highest BCUT2D eigenvalue weighted by Gasteiger charge is 2.21. The Kier molecular flexibility index (Phi) is 3.98. The van der Waals surface area contributed by atoms with Crippen molar-refractivity contribution in [2.45, 2.75) is 4.90 Å². The van der Waals surface area contributed by atoms with Crippen LogP contribution in [0.1, 0.15) is 10.4 Å². The smallest absolute Gasteiger partial charge is 0.262 e. The van der Waals surface area contributed by atoms with Gasteiger partial charge in [0.05, 0.1) is 17.7 Å². The minimum absolute atomic E-state index is 0.226. The van der Waals surface area contributed by atoms with Crippen molar-refractivity contribution in [2.75, 3.05) is 12.4 Å². The van der Waals surface area contributed by atoms with Gasteiger partial charge >= 0.3 is 0 Å². The lowest BCUT2D eigenvalue weighted by Crippen LogP contribution is -2.18. The molecule has 0 fully saturated rings. The van der Waals surface area contributed by atoms with Gasteiger partial charge in [0.25, 0.3) is 5.91 Å². The minimum Gasteiger partial charge on any atom is -0.497 e. The fourth-order valence-electron chi connectivity index (χ4n) is 2.08. The maximum atomic E-state index is 12.3. The van der Waals surface area contributed by atoms with Crippen molar-refractivity contribution in [3.05, 3.63) is 65.1 Å². The first kappa shape index (κ1) is 14.4. The van der Waals surface area contributed by atoms with Crippen LogP contribution in [0.15, 0.2) is 64.4 Å². The Morgan fingerprint density at radius 2 is 2.00 bits per heavy atom. The zero-order chi connectivity index (χ0) is 15.5. The molecular formula is C17H13NO3S. The van der Waals surface area contributed by atoms with Crippen LogP contribution in [0.3, 0.4) is 0 Å². The molecule has 4 nitrogen and oxygen atoms in total. The van der Waals surface area contributed by atoms with E-state index in [-0.39, 0.29) is 11.7 Å². The molecule has 0 aromatic heterocycles. The molecule has 1 aliphatic heterocycles. The van der Waals surface area contributed by atoms with Crippen molar-refractivity contribution in [2.24, 2.45) is 0 Å². The second-order valence-corrected chi connectivity index (χ2v) is 5.74. The van der Waals surface area contributed by atoms with Crippen LogP contribution in [0, 0.1) is 0 Å². The number of hydrogen-bond acceptors (Lipinski definition) is 4.